The molecular formula is C24H26N2O5S2. The fraction of sp³-hybridized carbons (Fsp3) is 0.417. The number of rotatable bonds is 6. The summed E-state index contributed by atoms with van der Waals surface area (Å²) in [5, 5.41) is 12.7. The Morgan fingerprint density at radius 2 is 1.94 bits per heavy atom. The maximum atomic E-state index is 13.1. The van der Waals surface area contributed by atoms with Crippen molar-refractivity contribution in [2.24, 2.45) is 5.92 Å². The van der Waals surface area contributed by atoms with E-state index in [-0.39, 0.29) is 22.6 Å². The Kier molecular flexibility index (Phi) is 6.01. The molecule has 3 aromatic rings. The van der Waals surface area contributed by atoms with Crippen LogP contribution in [-0.2, 0) is 22.9 Å². The molecule has 1 unspecified atom stereocenters. The second-order valence-electron chi connectivity index (χ2n) is 8.84. The Morgan fingerprint density at radius 1 is 1.15 bits per heavy atom. The predicted molar refractivity (Wildman–Crippen MR) is 126 cm³/mol. The van der Waals surface area contributed by atoms with Gasteiger partial charge in [-0.15, -0.1) is 11.3 Å². The minimum Gasteiger partial charge on any atom is -0.507 e. The molecule has 33 heavy (non-hydrogen) atoms. The van der Waals surface area contributed by atoms with Crippen molar-refractivity contribution in [3.8, 4) is 5.75 Å². The third kappa shape index (κ3) is 4.56. The van der Waals surface area contributed by atoms with Crippen LogP contribution in [0.2, 0.25) is 0 Å². The van der Waals surface area contributed by atoms with E-state index in [0.29, 0.717) is 29.9 Å². The van der Waals surface area contributed by atoms with E-state index in [4.69, 9.17) is 4.42 Å². The van der Waals surface area contributed by atoms with Crippen molar-refractivity contribution >= 4 is 27.0 Å². The highest BCUT2D eigenvalue weighted by Crippen LogP contribution is 2.49. The van der Waals surface area contributed by atoms with Crippen LogP contribution >= 0.6 is 11.3 Å². The summed E-state index contributed by atoms with van der Waals surface area (Å²) in [6.45, 7) is 0. The number of hydrogen-bond donors (Lipinski definition) is 2. The number of nitrogens with zero attached hydrogens (tertiary/aromatic N) is 1. The quantitative estimate of drug-likeness (QED) is 0.518. The van der Waals surface area contributed by atoms with E-state index in [1.165, 1.54) is 22.2 Å². The fourth-order valence-corrected chi connectivity index (χ4v) is 6.62. The van der Waals surface area contributed by atoms with Gasteiger partial charge in [0, 0.05) is 29.0 Å². The summed E-state index contributed by atoms with van der Waals surface area (Å²) in [6.07, 6.45) is 7.34. The Bertz CT molecular complexity index is 1310. The lowest BCUT2D eigenvalue weighted by Gasteiger charge is -2.22. The zero-order valence-corrected chi connectivity index (χ0v) is 19.8. The standard InChI is InChI=1S/C24H26N2O5S2/c27-23-18-8-3-1-2-4-9-19(18)31-24(28)22(23)21(15-10-11-15)16-6-5-7-17(12-16)26-33(29,30)20-13-32-14-25-20/h5-7,12-15,21,26-27H,1-4,8-11H2. The van der Waals surface area contributed by atoms with Gasteiger partial charge in [-0.25, -0.2) is 9.78 Å². The summed E-state index contributed by atoms with van der Waals surface area (Å²) in [4.78, 5) is 17.0. The van der Waals surface area contributed by atoms with Gasteiger partial charge in [-0.2, -0.15) is 8.42 Å². The van der Waals surface area contributed by atoms with Gasteiger partial charge in [0.25, 0.3) is 10.0 Å². The summed E-state index contributed by atoms with van der Waals surface area (Å²) in [5.74, 6) is 0.533. The second kappa shape index (κ2) is 8.95. The van der Waals surface area contributed by atoms with E-state index in [1.54, 1.807) is 18.2 Å². The molecule has 2 N–H and O–H groups in total. The summed E-state index contributed by atoms with van der Waals surface area (Å²) in [7, 11) is -3.80. The summed E-state index contributed by atoms with van der Waals surface area (Å²) in [5.41, 5.74) is 3.21. The minimum atomic E-state index is -3.80. The van der Waals surface area contributed by atoms with Crippen LogP contribution in [0.3, 0.4) is 0 Å². The van der Waals surface area contributed by atoms with Crippen molar-refractivity contribution in [3.05, 3.63) is 68.0 Å². The van der Waals surface area contributed by atoms with Crippen LogP contribution in [0.1, 0.15) is 66.9 Å². The first-order valence-corrected chi connectivity index (χ1v) is 13.8. The first-order chi connectivity index (χ1) is 15.9. The van der Waals surface area contributed by atoms with Gasteiger partial charge in [0.2, 0.25) is 0 Å². The number of nitrogens with one attached hydrogen (secondary N) is 1. The van der Waals surface area contributed by atoms with Crippen LogP contribution in [0.4, 0.5) is 5.69 Å². The highest BCUT2D eigenvalue weighted by atomic mass is 32.2. The SMILES string of the molecule is O=c1oc2c(c(O)c1C(c1cccc(NS(=O)(=O)c3cscn3)c1)C1CC1)CCCCCC2. The third-order valence-corrected chi connectivity index (χ3v) is 8.50. The van der Waals surface area contributed by atoms with E-state index >= 15 is 0 Å². The number of aryl methyl sites for hydroxylation is 1. The highest BCUT2D eigenvalue weighted by Gasteiger charge is 2.38. The molecule has 5 rings (SSSR count). The van der Waals surface area contributed by atoms with E-state index in [9.17, 15) is 18.3 Å². The number of sulfonamides is 1. The Hall–Kier alpha value is -2.65. The van der Waals surface area contributed by atoms with Crippen LogP contribution < -0.4 is 10.3 Å². The molecule has 174 valence electrons. The summed E-state index contributed by atoms with van der Waals surface area (Å²) < 4.78 is 33.6. The van der Waals surface area contributed by atoms with E-state index < -0.39 is 15.6 Å². The predicted octanol–water partition coefficient (Wildman–Crippen LogP) is 4.80. The monoisotopic (exact) mass is 486 g/mol. The summed E-state index contributed by atoms with van der Waals surface area (Å²) in [6, 6.07) is 7.04. The lowest BCUT2D eigenvalue weighted by Crippen LogP contribution is -2.19. The molecule has 1 aromatic carbocycles. The van der Waals surface area contributed by atoms with Crippen molar-refractivity contribution in [1.82, 2.24) is 4.98 Å². The van der Waals surface area contributed by atoms with Crippen LogP contribution in [0.15, 0.2) is 49.4 Å². The molecule has 2 aliphatic rings. The largest absolute Gasteiger partial charge is 0.507 e. The first kappa shape index (κ1) is 22.2. The maximum absolute atomic E-state index is 13.1. The number of hydrogen-bond acceptors (Lipinski definition) is 7. The second-order valence-corrected chi connectivity index (χ2v) is 11.2. The molecular weight excluding hydrogens is 460 g/mol. The smallest absolute Gasteiger partial charge is 0.343 e. The number of benzene rings is 1. The van der Waals surface area contributed by atoms with Gasteiger partial charge in [0.05, 0.1) is 11.1 Å². The Morgan fingerprint density at radius 3 is 2.67 bits per heavy atom. The molecule has 0 radical (unpaired) electrons. The molecule has 0 spiro atoms. The van der Waals surface area contributed by atoms with Crippen LogP contribution in [0, 0.1) is 5.92 Å². The molecule has 1 fully saturated rings. The van der Waals surface area contributed by atoms with Gasteiger partial charge in [-0.1, -0.05) is 25.0 Å². The molecule has 2 heterocycles. The molecule has 7 nitrogen and oxygen atoms in total. The van der Waals surface area contributed by atoms with Gasteiger partial charge in [-0.3, -0.25) is 4.72 Å². The molecule has 0 bridgehead atoms. The minimum absolute atomic E-state index is 0.0309. The number of thiazole rings is 1. The normalized spacial score (nSPS) is 17.6. The molecule has 9 heteroatoms. The lowest BCUT2D eigenvalue weighted by molar-refractivity contribution is 0.382. The van der Waals surface area contributed by atoms with E-state index in [2.05, 4.69) is 9.71 Å². The van der Waals surface area contributed by atoms with Crippen molar-refractivity contribution in [3.63, 3.8) is 0 Å². The summed E-state index contributed by atoms with van der Waals surface area (Å²) >= 11 is 1.21. The Labute approximate surface area is 196 Å². The molecule has 0 amide bonds. The van der Waals surface area contributed by atoms with Crippen molar-refractivity contribution in [2.45, 2.75) is 62.3 Å². The van der Waals surface area contributed by atoms with Crippen LogP contribution in [-0.4, -0.2) is 18.5 Å². The van der Waals surface area contributed by atoms with Crippen molar-refractivity contribution in [1.29, 1.82) is 0 Å². The fourth-order valence-electron chi connectivity index (χ4n) is 4.74. The first-order valence-electron chi connectivity index (χ1n) is 11.3. The highest BCUT2D eigenvalue weighted by molar-refractivity contribution is 7.92. The van der Waals surface area contributed by atoms with Gasteiger partial charge in [0.1, 0.15) is 11.5 Å². The molecule has 0 saturated heterocycles. The zero-order valence-electron chi connectivity index (χ0n) is 18.1. The average Bonchev–Trinajstić information content (AvgIpc) is 3.42. The lowest BCUT2D eigenvalue weighted by atomic mass is 9.85. The van der Waals surface area contributed by atoms with E-state index in [0.717, 1.165) is 49.7 Å². The third-order valence-electron chi connectivity index (χ3n) is 6.48. The van der Waals surface area contributed by atoms with E-state index in [1.807, 2.05) is 6.07 Å². The molecule has 2 aliphatic carbocycles. The Balaban J connectivity index is 1.54. The van der Waals surface area contributed by atoms with Gasteiger partial charge in [0.15, 0.2) is 5.03 Å². The van der Waals surface area contributed by atoms with Gasteiger partial charge < -0.3 is 9.52 Å². The van der Waals surface area contributed by atoms with Crippen molar-refractivity contribution < 1.29 is 17.9 Å². The molecule has 1 atom stereocenters. The molecule has 0 aliphatic heterocycles. The topological polar surface area (TPSA) is 109 Å². The van der Waals surface area contributed by atoms with Gasteiger partial charge >= 0.3 is 5.63 Å². The van der Waals surface area contributed by atoms with Crippen molar-refractivity contribution in [2.75, 3.05) is 4.72 Å². The number of aromatic nitrogens is 1. The molecule has 1 saturated carbocycles. The maximum Gasteiger partial charge on any atom is 0.343 e. The van der Waals surface area contributed by atoms with Crippen LogP contribution in [0.25, 0.3) is 0 Å². The number of anilines is 1. The van der Waals surface area contributed by atoms with Crippen LogP contribution in [0.5, 0.6) is 5.75 Å². The molecule has 2 aromatic heterocycles. The number of aromatic hydroxyl groups is 1. The zero-order chi connectivity index (χ0) is 23.0. The van der Waals surface area contributed by atoms with Gasteiger partial charge in [-0.05, 0) is 55.7 Å². The number of fused-ring (bicyclic) bond motifs is 1. The average molecular weight is 487 g/mol.